The molecular formula is C25H33N3O5S. The van der Waals surface area contributed by atoms with Crippen molar-refractivity contribution in [3.63, 3.8) is 0 Å². The van der Waals surface area contributed by atoms with Crippen molar-refractivity contribution in [2.24, 2.45) is 11.8 Å². The Kier molecular flexibility index (Phi) is 7.73. The zero-order valence-corrected chi connectivity index (χ0v) is 20.9. The monoisotopic (exact) mass is 487 g/mol. The summed E-state index contributed by atoms with van der Waals surface area (Å²) in [5, 5.41) is 4.91. The summed E-state index contributed by atoms with van der Waals surface area (Å²) in [5.74, 6) is 0.403. The number of nitrogens with zero attached hydrogens (tertiary/aromatic N) is 2. The number of pyridine rings is 1. The summed E-state index contributed by atoms with van der Waals surface area (Å²) in [4.78, 5) is 42.3. The highest BCUT2D eigenvalue weighted by atomic mass is 32.1. The van der Waals surface area contributed by atoms with Crippen molar-refractivity contribution in [2.45, 2.75) is 52.3 Å². The van der Waals surface area contributed by atoms with Crippen molar-refractivity contribution in [3.05, 3.63) is 50.1 Å². The number of hydrogen-bond acceptors (Lipinski definition) is 6. The van der Waals surface area contributed by atoms with E-state index >= 15 is 0 Å². The van der Waals surface area contributed by atoms with Gasteiger partial charge in [0.25, 0.3) is 11.5 Å². The van der Waals surface area contributed by atoms with E-state index < -0.39 is 0 Å². The Bertz CT molecular complexity index is 1080. The van der Waals surface area contributed by atoms with Gasteiger partial charge < -0.3 is 24.3 Å². The van der Waals surface area contributed by atoms with Crippen LogP contribution < -0.4 is 15.6 Å². The molecule has 2 atom stereocenters. The summed E-state index contributed by atoms with van der Waals surface area (Å²) in [6.07, 6.45) is 1.95. The molecule has 34 heavy (non-hydrogen) atoms. The predicted octanol–water partition coefficient (Wildman–Crippen LogP) is 2.68. The third-order valence-corrected chi connectivity index (χ3v) is 7.64. The van der Waals surface area contributed by atoms with Gasteiger partial charge in [-0.25, -0.2) is 0 Å². The highest BCUT2D eigenvalue weighted by molar-refractivity contribution is 7.09. The van der Waals surface area contributed by atoms with E-state index in [2.05, 4.69) is 19.2 Å². The number of nitrogens with one attached hydrogen (secondary N) is 1. The summed E-state index contributed by atoms with van der Waals surface area (Å²) in [6.45, 7) is 6.49. The van der Waals surface area contributed by atoms with E-state index in [-0.39, 0.29) is 35.1 Å². The topological polar surface area (TPSA) is 89.9 Å². The molecule has 0 bridgehead atoms. The van der Waals surface area contributed by atoms with E-state index in [1.54, 1.807) is 15.9 Å². The van der Waals surface area contributed by atoms with Crippen LogP contribution >= 0.6 is 11.3 Å². The number of hydrogen-bond donors (Lipinski definition) is 1. The SMILES string of the molecule is COc1cc(=O)n2c(c1C(=O)NCc1cccs1)CCN(C(=O)[C@@H]1CCO[C@H](C(C)C)C1)CC2. The van der Waals surface area contributed by atoms with Crippen molar-refractivity contribution < 1.29 is 19.1 Å². The Balaban J connectivity index is 1.54. The first kappa shape index (κ1) is 24.5. The lowest BCUT2D eigenvalue weighted by Crippen LogP contribution is -2.42. The summed E-state index contributed by atoms with van der Waals surface area (Å²) in [7, 11) is 1.46. The van der Waals surface area contributed by atoms with E-state index in [0.717, 1.165) is 17.7 Å². The lowest BCUT2D eigenvalue weighted by atomic mass is 9.89. The number of methoxy groups -OCH3 is 1. The van der Waals surface area contributed by atoms with Gasteiger partial charge in [0.2, 0.25) is 5.91 Å². The second kappa shape index (κ2) is 10.7. The molecular weight excluding hydrogens is 454 g/mol. The number of rotatable bonds is 6. The van der Waals surface area contributed by atoms with Gasteiger partial charge in [-0.1, -0.05) is 19.9 Å². The zero-order valence-electron chi connectivity index (χ0n) is 20.0. The molecule has 184 valence electrons. The van der Waals surface area contributed by atoms with Gasteiger partial charge in [-0.05, 0) is 30.2 Å². The first-order chi connectivity index (χ1) is 16.4. The Hall–Kier alpha value is -2.65. The molecule has 4 heterocycles. The number of fused-ring (bicyclic) bond motifs is 1. The van der Waals surface area contributed by atoms with E-state index in [1.165, 1.54) is 13.2 Å². The fourth-order valence-electron chi connectivity index (χ4n) is 4.82. The number of amides is 2. The van der Waals surface area contributed by atoms with Gasteiger partial charge in [0.15, 0.2) is 0 Å². The summed E-state index contributed by atoms with van der Waals surface area (Å²) >= 11 is 1.57. The molecule has 4 rings (SSSR count). The lowest BCUT2D eigenvalue weighted by Gasteiger charge is -2.34. The van der Waals surface area contributed by atoms with Gasteiger partial charge in [0.05, 0.1) is 19.8 Å². The van der Waals surface area contributed by atoms with E-state index in [1.807, 2.05) is 22.4 Å². The Labute approximate surface area is 203 Å². The molecule has 0 aliphatic carbocycles. The normalized spacial score (nSPS) is 20.5. The van der Waals surface area contributed by atoms with E-state index in [0.29, 0.717) is 56.4 Å². The molecule has 1 saturated heterocycles. The van der Waals surface area contributed by atoms with Gasteiger partial charge in [0.1, 0.15) is 11.3 Å². The van der Waals surface area contributed by atoms with Crippen LogP contribution in [0.2, 0.25) is 0 Å². The molecule has 0 spiro atoms. The minimum atomic E-state index is -0.280. The molecule has 0 radical (unpaired) electrons. The van der Waals surface area contributed by atoms with Crippen molar-refractivity contribution >= 4 is 23.2 Å². The van der Waals surface area contributed by atoms with Crippen LogP contribution in [0, 0.1) is 11.8 Å². The van der Waals surface area contributed by atoms with Crippen LogP contribution in [-0.4, -0.2) is 54.2 Å². The van der Waals surface area contributed by atoms with Crippen molar-refractivity contribution in [1.82, 2.24) is 14.8 Å². The smallest absolute Gasteiger partial charge is 0.257 e. The average Bonchev–Trinajstić information content (AvgIpc) is 3.26. The molecule has 0 aromatic carbocycles. The molecule has 8 nitrogen and oxygen atoms in total. The summed E-state index contributed by atoms with van der Waals surface area (Å²) in [6, 6.07) is 5.27. The Morgan fingerprint density at radius 1 is 1.29 bits per heavy atom. The molecule has 1 fully saturated rings. The van der Waals surface area contributed by atoms with Crippen molar-refractivity contribution in [2.75, 3.05) is 26.8 Å². The number of carbonyl (C=O) groups is 2. The molecule has 0 saturated carbocycles. The highest BCUT2D eigenvalue weighted by Crippen LogP contribution is 2.28. The minimum absolute atomic E-state index is 0.0674. The standard InChI is InChI=1S/C25H33N3O5S/c1-16(2)20-13-17(7-11-33-20)25(31)27-8-6-19-23(24(30)26-15-18-5-4-12-34-18)21(32-3)14-22(29)28(19)10-9-27/h4-5,12,14,16-17,20H,6-11,13,15H2,1-3H3,(H,26,30)/t17-,20+/m1/s1. The quantitative estimate of drug-likeness (QED) is 0.677. The molecule has 2 aliphatic rings. The fourth-order valence-corrected chi connectivity index (χ4v) is 5.46. The van der Waals surface area contributed by atoms with E-state index in [9.17, 15) is 14.4 Å². The number of carbonyl (C=O) groups excluding carboxylic acids is 2. The third-order valence-electron chi connectivity index (χ3n) is 6.76. The van der Waals surface area contributed by atoms with Gasteiger partial charge in [-0.2, -0.15) is 0 Å². The highest BCUT2D eigenvalue weighted by Gasteiger charge is 2.33. The lowest BCUT2D eigenvalue weighted by molar-refractivity contribution is -0.141. The van der Waals surface area contributed by atoms with Crippen LogP contribution in [0.1, 0.15) is 47.6 Å². The van der Waals surface area contributed by atoms with Crippen LogP contribution in [0.15, 0.2) is 28.4 Å². The summed E-state index contributed by atoms with van der Waals surface area (Å²) in [5.41, 5.74) is 0.774. The maximum Gasteiger partial charge on any atom is 0.257 e. The number of aromatic nitrogens is 1. The van der Waals surface area contributed by atoms with Crippen LogP contribution in [0.3, 0.4) is 0 Å². The molecule has 0 unspecified atom stereocenters. The predicted molar refractivity (Wildman–Crippen MR) is 130 cm³/mol. The molecule has 2 amide bonds. The Morgan fingerprint density at radius 3 is 2.82 bits per heavy atom. The molecule has 9 heteroatoms. The van der Waals surface area contributed by atoms with Crippen molar-refractivity contribution in [3.8, 4) is 5.75 Å². The van der Waals surface area contributed by atoms with Gasteiger partial charge in [-0.15, -0.1) is 11.3 Å². The first-order valence-electron chi connectivity index (χ1n) is 11.9. The van der Waals surface area contributed by atoms with Gasteiger partial charge in [0, 0.05) is 55.2 Å². The maximum absolute atomic E-state index is 13.4. The summed E-state index contributed by atoms with van der Waals surface area (Å²) < 4.78 is 12.9. The average molecular weight is 488 g/mol. The van der Waals surface area contributed by atoms with Crippen LogP contribution in [0.5, 0.6) is 5.75 Å². The van der Waals surface area contributed by atoms with Crippen LogP contribution in [-0.2, 0) is 29.0 Å². The molecule has 2 aromatic rings. The first-order valence-corrected chi connectivity index (χ1v) is 12.8. The van der Waals surface area contributed by atoms with Crippen LogP contribution in [0.4, 0.5) is 0 Å². The van der Waals surface area contributed by atoms with Crippen molar-refractivity contribution in [1.29, 1.82) is 0 Å². The Morgan fingerprint density at radius 2 is 2.12 bits per heavy atom. The number of ether oxygens (including phenoxy) is 2. The number of thiophene rings is 1. The fraction of sp³-hybridized carbons (Fsp3) is 0.560. The molecule has 2 aromatic heterocycles. The minimum Gasteiger partial charge on any atom is -0.496 e. The van der Waals surface area contributed by atoms with Gasteiger partial charge >= 0.3 is 0 Å². The van der Waals surface area contributed by atoms with Gasteiger partial charge in [-0.3, -0.25) is 14.4 Å². The second-order valence-corrected chi connectivity index (χ2v) is 10.3. The maximum atomic E-state index is 13.4. The van der Waals surface area contributed by atoms with E-state index in [4.69, 9.17) is 9.47 Å². The van der Waals surface area contributed by atoms with Crippen LogP contribution in [0.25, 0.3) is 0 Å². The third kappa shape index (κ3) is 5.20. The second-order valence-electron chi connectivity index (χ2n) is 9.24. The molecule has 2 aliphatic heterocycles. The largest absolute Gasteiger partial charge is 0.496 e. The molecule has 1 N–H and O–H groups in total. The zero-order chi connectivity index (χ0) is 24.2.